The first kappa shape index (κ1) is 12.1. The van der Waals surface area contributed by atoms with Crippen molar-refractivity contribution in [3.63, 3.8) is 0 Å². The number of nitrogens with one attached hydrogen (secondary N) is 2. The Labute approximate surface area is 103 Å². The second-order valence-electron chi connectivity index (χ2n) is 3.72. The van der Waals surface area contributed by atoms with Gasteiger partial charge in [0.25, 0.3) is 0 Å². The molecule has 2 aromatic heterocycles. The number of halogens is 1. The fourth-order valence-corrected chi connectivity index (χ4v) is 1.66. The Hall–Kier alpha value is -1.40. The van der Waals surface area contributed by atoms with Crippen LogP contribution in [-0.4, -0.2) is 37.7 Å². The van der Waals surface area contributed by atoms with Crippen LogP contribution in [0.2, 0.25) is 5.28 Å². The molecule has 17 heavy (non-hydrogen) atoms. The Balaban J connectivity index is 2.09. The summed E-state index contributed by atoms with van der Waals surface area (Å²) in [6.45, 7) is 2.57. The van der Waals surface area contributed by atoms with Crippen molar-refractivity contribution in [2.24, 2.45) is 0 Å². The summed E-state index contributed by atoms with van der Waals surface area (Å²) >= 11 is 5.78. The third-order valence-corrected chi connectivity index (χ3v) is 2.67. The molecule has 0 saturated carbocycles. The molecule has 6 nitrogen and oxygen atoms in total. The summed E-state index contributed by atoms with van der Waals surface area (Å²) in [6.07, 6.45) is 2.65. The number of nitrogens with zero attached hydrogens (tertiary/aromatic N) is 3. The Morgan fingerprint density at radius 2 is 2.35 bits per heavy atom. The zero-order chi connectivity index (χ0) is 12.3. The quantitative estimate of drug-likeness (QED) is 0.706. The highest BCUT2D eigenvalue weighted by Crippen LogP contribution is 2.18. The van der Waals surface area contributed by atoms with E-state index in [9.17, 15) is 5.11 Å². The predicted octanol–water partition coefficient (Wildman–Crippen LogP) is 1.58. The molecule has 0 aliphatic heterocycles. The van der Waals surface area contributed by atoms with Crippen LogP contribution in [0.25, 0.3) is 11.2 Å². The van der Waals surface area contributed by atoms with Crippen molar-refractivity contribution in [3.8, 4) is 0 Å². The van der Waals surface area contributed by atoms with Crippen LogP contribution in [0.15, 0.2) is 6.33 Å². The summed E-state index contributed by atoms with van der Waals surface area (Å²) in [5.41, 5.74) is 1.25. The van der Waals surface area contributed by atoms with E-state index in [4.69, 9.17) is 11.6 Å². The number of hydrogen-bond acceptors (Lipinski definition) is 5. The van der Waals surface area contributed by atoms with Gasteiger partial charge in [0, 0.05) is 6.54 Å². The monoisotopic (exact) mass is 255 g/mol. The largest absolute Gasteiger partial charge is 0.393 e. The van der Waals surface area contributed by atoms with Gasteiger partial charge in [0.05, 0.1) is 12.4 Å². The lowest BCUT2D eigenvalue weighted by molar-refractivity contribution is 0.164. The zero-order valence-corrected chi connectivity index (χ0v) is 10.2. The fourth-order valence-electron chi connectivity index (χ4n) is 1.50. The third kappa shape index (κ3) is 2.83. The Morgan fingerprint density at radius 3 is 3.12 bits per heavy atom. The van der Waals surface area contributed by atoms with E-state index in [0.29, 0.717) is 24.4 Å². The fraction of sp³-hybridized carbons (Fsp3) is 0.500. The summed E-state index contributed by atoms with van der Waals surface area (Å²) < 4.78 is 0. The molecule has 2 rings (SSSR count). The third-order valence-electron chi connectivity index (χ3n) is 2.50. The van der Waals surface area contributed by atoms with Gasteiger partial charge in [0.1, 0.15) is 5.52 Å². The normalized spacial score (nSPS) is 12.9. The summed E-state index contributed by atoms with van der Waals surface area (Å²) in [5.74, 6) is 0.612. The number of H-pyrrole nitrogens is 1. The minimum Gasteiger partial charge on any atom is -0.393 e. The van der Waals surface area contributed by atoms with Crippen LogP contribution in [0.1, 0.15) is 19.8 Å². The summed E-state index contributed by atoms with van der Waals surface area (Å²) in [4.78, 5) is 15.0. The average Bonchev–Trinajstić information content (AvgIpc) is 2.76. The Kier molecular flexibility index (Phi) is 3.75. The van der Waals surface area contributed by atoms with Crippen LogP contribution in [0.3, 0.4) is 0 Å². The van der Waals surface area contributed by atoms with Crippen LogP contribution >= 0.6 is 11.6 Å². The number of hydrogen-bond donors (Lipinski definition) is 3. The van der Waals surface area contributed by atoms with Gasteiger partial charge < -0.3 is 15.4 Å². The van der Waals surface area contributed by atoms with Crippen LogP contribution in [0.4, 0.5) is 5.82 Å². The van der Waals surface area contributed by atoms with Crippen molar-refractivity contribution in [3.05, 3.63) is 11.6 Å². The summed E-state index contributed by atoms with van der Waals surface area (Å²) in [6, 6.07) is 0. The maximum absolute atomic E-state index is 9.44. The predicted molar refractivity (Wildman–Crippen MR) is 66.1 cm³/mol. The number of imidazole rings is 1. The van der Waals surface area contributed by atoms with Gasteiger partial charge in [-0.2, -0.15) is 9.97 Å². The van der Waals surface area contributed by atoms with E-state index in [-0.39, 0.29) is 11.4 Å². The number of aliphatic hydroxyl groups excluding tert-OH is 1. The highest BCUT2D eigenvalue weighted by molar-refractivity contribution is 6.28. The van der Waals surface area contributed by atoms with Gasteiger partial charge in [-0.25, -0.2) is 4.98 Å². The molecule has 1 unspecified atom stereocenters. The van der Waals surface area contributed by atoms with Gasteiger partial charge in [0.2, 0.25) is 5.28 Å². The summed E-state index contributed by atoms with van der Waals surface area (Å²) in [5, 5.41) is 12.7. The number of aromatic amines is 1. The first-order valence-corrected chi connectivity index (χ1v) is 5.87. The first-order valence-electron chi connectivity index (χ1n) is 5.49. The van der Waals surface area contributed by atoms with Crippen molar-refractivity contribution >= 4 is 28.6 Å². The second kappa shape index (κ2) is 5.29. The van der Waals surface area contributed by atoms with Gasteiger partial charge in [-0.3, -0.25) is 0 Å². The molecule has 0 aromatic carbocycles. The maximum atomic E-state index is 9.44. The number of anilines is 1. The minimum absolute atomic E-state index is 0.156. The van der Waals surface area contributed by atoms with Crippen molar-refractivity contribution in [2.45, 2.75) is 25.9 Å². The lowest BCUT2D eigenvalue weighted by Gasteiger charge is -2.09. The number of aliphatic hydroxyl groups is 1. The van der Waals surface area contributed by atoms with E-state index in [1.165, 1.54) is 0 Å². The van der Waals surface area contributed by atoms with Crippen molar-refractivity contribution in [1.82, 2.24) is 19.9 Å². The lowest BCUT2D eigenvalue weighted by atomic mass is 10.2. The van der Waals surface area contributed by atoms with E-state index in [1.54, 1.807) is 6.33 Å². The van der Waals surface area contributed by atoms with Crippen molar-refractivity contribution < 1.29 is 5.11 Å². The van der Waals surface area contributed by atoms with Crippen LogP contribution in [0, 0.1) is 0 Å². The lowest BCUT2D eigenvalue weighted by Crippen LogP contribution is -2.13. The molecule has 0 radical (unpaired) electrons. The Morgan fingerprint density at radius 1 is 1.53 bits per heavy atom. The first-order chi connectivity index (χ1) is 8.20. The van der Waals surface area contributed by atoms with E-state index in [0.717, 1.165) is 11.9 Å². The molecular formula is C10H14ClN5O. The zero-order valence-electron chi connectivity index (χ0n) is 9.44. The molecule has 92 valence electrons. The SMILES string of the molecule is CCC(O)CCNc1nc(Cl)nc2nc[nH]c12. The van der Waals surface area contributed by atoms with Gasteiger partial charge in [-0.15, -0.1) is 0 Å². The summed E-state index contributed by atoms with van der Waals surface area (Å²) in [7, 11) is 0. The molecule has 0 aliphatic rings. The van der Waals surface area contributed by atoms with Crippen LogP contribution in [0.5, 0.6) is 0 Å². The second-order valence-corrected chi connectivity index (χ2v) is 4.06. The van der Waals surface area contributed by atoms with Gasteiger partial charge >= 0.3 is 0 Å². The number of fused-ring (bicyclic) bond motifs is 1. The Bertz CT molecular complexity index is 500. The molecule has 0 bridgehead atoms. The van der Waals surface area contributed by atoms with E-state index in [2.05, 4.69) is 25.3 Å². The minimum atomic E-state index is -0.294. The van der Waals surface area contributed by atoms with Crippen molar-refractivity contribution in [1.29, 1.82) is 0 Å². The van der Waals surface area contributed by atoms with Gasteiger partial charge in [-0.05, 0) is 24.4 Å². The molecule has 0 spiro atoms. The van der Waals surface area contributed by atoms with E-state index < -0.39 is 0 Å². The van der Waals surface area contributed by atoms with Crippen LogP contribution < -0.4 is 5.32 Å². The van der Waals surface area contributed by atoms with Crippen LogP contribution in [-0.2, 0) is 0 Å². The topological polar surface area (TPSA) is 86.7 Å². The van der Waals surface area contributed by atoms with E-state index in [1.807, 2.05) is 6.92 Å². The molecule has 0 fully saturated rings. The molecule has 7 heteroatoms. The highest BCUT2D eigenvalue weighted by Gasteiger charge is 2.08. The van der Waals surface area contributed by atoms with Crippen molar-refractivity contribution in [2.75, 3.05) is 11.9 Å². The maximum Gasteiger partial charge on any atom is 0.226 e. The molecule has 1 atom stereocenters. The van der Waals surface area contributed by atoms with Gasteiger partial charge in [-0.1, -0.05) is 6.92 Å². The molecule has 3 N–H and O–H groups in total. The molecular weight excluding hydrogens is 242 g/mol. The van der Waals surface area contributed by atoms with Gasteiger partial charge in [0.15, 0.2) is 11.5 Å². The van der Waals surface area contributed by atoms with E-state index >= 15 is 0 Å². The average molecular weight is 256 g/mol. The highest BCUT2D eigenvalue weighted by atomic mass is 35.5. The molecule has 2 aromatic rings. The molecule has 0 amide bonds. The molecule has 0 aliphatic carbocycles. The smallest absolute Gasteiger partial charge is 0.226 e. The number of rotatable bonds is 5. The molecule has 2 heterocycles. The molecule has 0 saturated heterocycles. The number of aromatic nitrogens is 4. The standard InChI is InChI=1S/C10H14ClN5O/c1-2-6(17)3-4-12-8-7-9(14-5-13-7)16-10(11)15-8/h5-6,17H,2-4H2,1H3,(H2,12,13,14,15,16).